The molecule has 0 atom stereocenters. The average molecular weight is 278 g/mol. The predicted molar refractivity (Wildman–Crippen MR) is 89.2 cm³/mol. The van der Waals surface area contributed by atoms with Crippen molar-refractivity contribution in [3.63, 3.8) is 0 Å². The summed E-state index contributed by atoms with van der Waals surface area (Å²) >= 11 is 0. The van der Waals surface area contributed by atoms with Gasteiger partial charge in [0, 0.05) is 17.1 Å². The number of hydrogen-bond acceptors (Lipinski definition) is 2. The molecule has 0 heterocycles. The molecule has 0 aliphatic heterocycles. The van der Waals surface area contributed by atoms with E-state index in [2.05, 4.69) is 35.6 Å². The maximum Gasteiger partial charge on any atom is 0.0407 e. The third kappa shape index (κ3) is 2.39. The Morgan fingerprint density at radius 2 is 1.48 bits per heavy atom. The minimum absolute atomic E-state index is 0.955. The number of rotatable bonds is 2. The van der Waals surface area contributed by atoms with E-state index in [-0.39, 0.29) is 0 Å². The van der Waals surface area contributed by atoms with E-state index >= 15 is 0 Å². The molecule has 2 aliphatic carbocycles. The molecule has 0 radical (unpaired) electrons. The molecule has 2 heteroatoms. The molecule has 0 fully saturated rings. The highest BCUT2D eigenvalue weighted by Gasteiger charge is 2.14. The largest absolute Gasteiger partial charge is 0.398 e. The van der Waals surface area contributed by atoms with E-state index in [9.17, 15) is 0 Å². The van der Waals surface area contributed by atoms with Crippen LogP contribution in [0, 0.1) is 0 Å². The summed E-state index contributed by atoms with van der Waals surface area (Å²) in [6, 6.07) is 11.2. The molecule has 3 N–H and O–H groups in total. The molecular weight excluding hydrogens is 256 g/mol. The molecule has 0 amide bonds. The molecule has 21 heavy (non-hydrogen) atoms. The minimum Gasteiger partial charge on any atom is -0.398 e. The van der Waals surface area contributed by atoms with E-state index in [1.807, 2.05) is 0 Å². The lowest BCUT2D eigenvalue weighted by atomic mass is 9.90. The molecule has 2 aliphatic rings. The van der Waals surface area contributed by atoms with E-state index < -0.39 is 0 Å². The van der Waals surface area contributed by atoms with Gasteiger partial charge in [-0.1, -0.05) is 6.07 Å². The Hall–Kier alpha value is -1.96. The summed E-state index contributed by atoms with van der Waals surface area (Å²) in [5, 5.41) is 3.54. The van der Waals surface area contributed by atoms with Crippen molar-refractivity contribution in [1.82, 2.24) is 0 Å². The number of nitrogen functional groups attached to an aromatic ring is 1. The molecular formula is C19H22N2. The molecule has 2 aromatic rings. The monoisotopic (exact) mass is 278 g/mol. The van der Waals surface area contributed by atoms with Gasteiger partial charge in [0.05, 0.1) is 0 Å². The van der Waals surface area contributed by atoms with Gasteiger partial charge in [0.2, 0.25) is 0 Å². The number of anilines is 3. The van der Waals surface area contributed by atoms with Crippen LogP contribution < -0.4 is 11.1 Å². The van der Waals surface area contributed by atoms with Crippen molar-refractivity contribution in [2.24, 2.45) is 0 Å². The van der Waals surface area contributed by atoms with Crippen molar-refractivity contribution in [3.05, 3.63) is 52.6 Å². The summed E-state index contributed by atoms with van der Waals surface area (Å²) < 4.78 is 0. The van der Waals surface area contributed by atoms with Gasteiger partial charge in [-0.3, -0.25) is 0 Å². The molecule has 2 aromatic carbocycles. The summed E-state index contributed by atoms with van der Waals surface area (Å²) in [6.07, 6.45) is 8.62. The first-order chi connectivity index (χ1) is 10.3. The molecule has 0 bridgehead atoms. The summed E-state index contributed by atoms with van der Waals surface area (Å²) in [4.78, 5) is 0. The fraction of sp³-hybridized carbons (Fsp3) is 0.368. The number of nitrogens with two attached hydrogens (primary N) is 1. The van der Waals surface area contributed by atoms with Gasteiger partial charge in [0.25, 0.3) is 0 Å². The highest BCUT2D eigenvalue weighted by molar-refractivity contribution is 5.69. The fourth-order valence-corrected chi connectivity index (χ4v) is 3.79. The normalized spacial score (nSPS) is 16.4. The van der Waals surface area contributed by atoms with Crippen LogP contribution in [0.3, 0.4) is 0 Å². The van der Waals surface area contributed by atoms with Gasteiger partial charge in [-0.25, -0.2) is 0 Å². The smallest absolute Gasteiger partial charge is 0.0407 e. The maximum absolute atomic E-state index is 6.25. The minimum atomic E-state index is 0.955. The number of hydrogen-bond donors (Lipinski definition) is 2. The van der Waals surface area contributed by atoms with Crippen molar-refractivity contribution in [2.45, 2.75) is 44.9 Å². The molecule has 108 valence electrons. The van der Waals surface area contributed by atoms with Gasteiger partial charge in [-0.2, -0.15) is 0 Å². The first-order valence-corrected chi connectivity index (χ1v) is 8.10. The van der Waals surface area contributed by atoms with E-state index in [0.29, 0.717) is 0 Å². The highest BCUT2D eigenvalue weighted by Crippen LogP contribution is 2.32. The van der Waals surface area contributed by atoms with Crippen LogP contribution in [0.4, 0.5) is 17.1 Å². The zero-order valence-electron chi connectivity index (χ0n) is 12.4. The molecule has 0 spiro atoms. The third-order valence-electron chi connectivity index (χ3n) is 4.89. The summed E-state index contributed by atoms with van der Waals surface area (Å²) in [5.74, 6) is 0. The van der Waals surface area contributed by atoms with E-state index in [0.717, 1.165) is 17.8 Å². The third-order valence-corrected chi connectivity index (χ3v) is 4.89. The second-order valence-corrected chi connectivity index (χ2v) is 6.37. The van der Waals surface area contributed by atoms with Gasteiger partial charge in [-0.05, 0) is 91.5 Å². The Bertz CT molecular complexity index is 688. The maximum atomic E-state index is 6.25. The van der Waals surface area contributed by atoms with Gasteiger partial charge in [0.1, 0.15) is 0 Å². The van der Waals surface area contributed by atoms with Crippen LogP contribution >= 0.6 is 0 Å². The summed E-state index contributed by atoms with van der Waals surface area (Å²) in [6.45, 7) is 0. The quantitative estimate of drug-likeness (QED) is 0.800. The second-order valence-electron chi connectivity index (χ2n) is 6.37. The first-order valence-electron chi connectivity index (χ1n) is 8.10. The Labute approximate surface area is 126 Å². The van der Waals surface area contributed by atoms with Crippen LogP contribution in [0.25, 0.3) is 0 Å². The number of fused-ring (bicyclic) bond motifs is 2. The van der Waals surface area contributed by atoms with E-state index in [1.54, 1.807) is 0 Å². The molecule has 0 unspecified atom stereocenters. The molecule has 0 saturated carbocycles. The second kappa shape index (κ2) is 5.10. The van der Waals surface area contributed by atoms with E-state index in [4.69, 9.17) is 5.73 Å². The average Bonchev–Trinajstić information content (AvgIpc) is 2.95. The van der Waals surface area contributed by atoms with Crippen LogP contribution in [0.15, 0.2) is 30.3 Å². The van der Waals surface area contributed by atoms with Crippen LogP contribution in [0.1, 0.15) is 41.5 Å². The predicted octanol–water partition coefficient (Wildman–Crippen LogP) is 4.38. The van der Waals surface area contributed by atoms with Crippen LogP contribution in [0.2, 0.25) is 0 Å². The highest BCUT2D eigenvalue weighted by atomic mass is 14.9. The van der Waals surface area contributed by atoms with E-state index in [1.165, 1.54) is 66.5 Å². The van der Waals surface area contributed by atoms with Gasteiger partial charge in [-0.15, -0.1) is 0 Å². The van der Waals surface area contributed by atoms with Gasteiger partial charge >= 0.3 is 0 Å². The Kier molecular flexibility index (Phi) is 3.10. The number of nitrogens with one attached hydrogen (secondary N) is 1. The summed E-state index contributed by atoms with van der Waals surface area (Å²) in [5.41, 5.74) is 15.4. The molecule has 4 rings (SSSR count). The molecule has 0 saturated heterocycles. The van der Waals surface area contributed by atoms with Crippen molar-refractivity contribution in [2.75, 3.05) is 11.1 Å². The lowest BCUT2D eigenvalue weighted by Crippen LogP contribution is -2.07. The topological polar surface area (TPSA) is 38.0 Å². The fourth-order valence-electron chi connectivity index (χ4n) is 3.79. The standard InChI is InChI=1S/C19H22N2/c20-19-12-17(11-15-4-1-2-7-18(15)19)21-16-9-8-13-5-3-6-14(13)10-16/h8-12,21H,1-7,20H2. The lowest BCUT2D eigenvalue weighted by molar-refractivity contribution is 0.687. The SMILES string of the molecule is Nc1cc(Nc2ccc3c(c2)CCC3)cc2c1CCCC2. The zero-order chi connectivity index (χ0) is 14.2. The van der Waals surface area contributed by atoms with Crippen molar-refractivity contribution in [1.29, 1.82) is 0 Å². The first kappa shape index (κ1) is 12.8. The van der Waals surface area contributed by atoms with Crippen LogP contribution in [-0.4, -0.2) is 0 Å². The van der Waals surface area contributed by atoms with Crippen molar-refractivity contribution < 1.29 is 0 Å². The lowest BCUT2D eigenvalue weighted by Gasteiger charge is -2.20. The van der Waals surface area contributed by atoms with Crippen LogP contribution in [0.5, 0.6) is 0 Å². The van der Waals surface area contributed by atoms with Crippen molar-refractivity contribution >= 4 is 17.1 Å². The van der Waals surface area contributed by atoms with Gasteiger partial charge in [0.15, 0.2) is 0 Å². The molecule has 0 aromatic heterocycles. The van der Waals surface area contributed by atoms with Gasteiger partial charge < -0.3 is 11.1 Å². The van der Waals surface area contributed by atoms with Crippen molar-refractivity contribution in [3.8, 4) is 0 Å². The molecule has 2 nitrogen and oxygen atoms in total. The Balaban J connectivity index is 1.64. The number of benzene rings is 2. The Morgan fingerprint density at radius 1 is 0.714 bits per heavy atom. The zero-order valence-corrected chi connectivity index (χ0v) is 12.4. The summed E-state index contributed by atoms with van der Waals surface area (Å²) in [7, 11) is 0. The van der Waals surface area contributed by atoms with Crippen LogP contribution in [-0.2, 0) is 25.7 Å². The Morgan fingerprint density at radius 3 is 2.43 bits per heavy atom. The number of aryl methyl sites for hydroxylation is 3.